The number of urea groups is 1. The van der Waals surface area contributed by atoms with Gasteiger partial charge in [-0.1, -0.05) is 36.4 Å². The minimum Gasteiger partial charge on any atom is -0.322 e. The van der Waals surface area contributed by atoms with E-state index in [1.807, 2.05) is 24.3 Å². The normalized spacial score (nSPS) is 22.0. The number of halogens is 1. The average molecular weight is 381 g/mol. The second-order valence-corrected chi connectivity index (χ2v) is 7.17. The molecule has 28 heavy (non-hydrogen) atoms. The fourth-order valence-electron chi connectivity index (χ4n) is 4.05. The summed E-state index contributed by atoms with van der Waals surface area (Å²) in [7, 11) is 0. The van der Waals surface area contributed by atoms with Gasteiger partial charge in [0.25, 0.3) is 5.91 Å². The first kappa shape index (κ1) is 18.2. The number of para-hydroxylation sites is 1. The Morgan fingerprint density at radius 1 is 1.18 bits per heavy atom. The van der Waals surface area contributed by atoms with Gasteiger partial charge >= 0.3 is 6.03 Å². The van der Waals surface area contributed by atoms with Gasteiger partial charge in [-0.15, -0.1) is 0 Å². The zero-order chi connectivity index (χ0) is 19.9. The summed E-state index contributed by atoms with van der Waals surface area (Å²) in [5.74, 6) is -1.66. The molecule has 144 valence electrons. The molecular formula is C21H20FN3O3. The molecule has 4 amide bonds. The Labute approximate surface area is 161 Å². The molecule has 2 aliphatic rings. The van der Waals surface area contributed by atoms with Crippen LogP contribution in [0.15, 0.2) is 48.5 Å². The van der Waals surface area contributed by atoms with Crippen LogP contribution in [0.5, 0.6) is 0 Å². The molecule has 0 unspecified atom stereocenters. The third-order valence-corrected chi connectivity index (χ3v) is 5.50. The summed E-state index contributed by atoms with van der Waals surface area (Å²) >= 11 is 0. The van der Waals surface area contributed by atoms with Gasteiger partial charge in [0.2, 0.25) is 5.91 Å². The number of imide groups is 1. The first-order valence-corrected chi connectivity index (χ1v) is 9.23. The van der Waals surface area contributed by atoms with Crippen LogP contribution in [-0.4, -0.2) is 28.8 Å². The largest absolute Gasteiger partial charge is 0.326 e. The van der Waals surface area contributed by atoms with Gasteiger partial charge in [0.05, 0.1) is 5.69 Å². The quantitative estimate of drug-likeness (QED) is 0.803. The summed E-state index contributed by atoms with van der Waals surface area (Å²) in [6.07, 6.45) is 2.07. The number of nitrogens with one attached hydrogen (secondary N) is 2. The van der Waals surface area contributed by atoms with Crippen molar-refractivity contribution in [2.24, 2.45) is 0 Å². The van der Waals surface area contributed by atoms with Crippen molar-refractivity contribution >= 4 is 23.5 Å². The van der Waals surface area contributed by atoms with E-state index in [0.717, 1.165) is 28.9 Å². The molecule has 1 aliphatic heterocycles. The second kappa shape index (κ2) is 6.74. The topological polar surface area (TPSA) is 78.5 Å². The second-order valence-electron chi connectivity index (χ2n) is 7.17. The van der Waals surface area contributed by atoms with Crippen molar-refractivity contribution in [3.05, 3.63) is 65.5 Å². The van der Waals surface area contributed by atoms with Crippen LogP contribution in [0.1, 0.15) is 30.9 Å². The van der Waals surface area contributed by atoms with E-state index in [-0.39, 0.29) is 5.69 Å². The minimum atomic E-state index is -1.14. The van der Waals surface area contributed by atoms with E-state index >= 15 is 0 Å². The molecule has 0 bridgehead atoms. The third kappa shape index (κ3) is 2.74. The summed E-state index contributed by atoms with van der Waals surface area (Å²) in [5.41, 5.74) is 0.666. The number of nitrogens with zero attached hydrogens (tertiary/aromatic N) is 1. The van der Waals surface area contributed by atoms with E-state index in [1.54, 1.807) is 6.07 Å². The van der Waals surface area contributed by atoms with Gasteiger partial charge in [-0.2, -0.15) is 0 Å². The molecule has 2 aromatic rings. The molecule has 1 fully saturated rings. The van der Waals surface area contributed by atoms with Crippen LogP contribution in [0.4, 0.5) is 14.9 Å². The van der Waals surface area contributed by atoms with Crippen molar-refractivity contribution in [1.29, 1.82) is 0 Å². The lowest BCUT2D eigenvalue weighted by Gasteiger charge is -2.33. The van der Waals surface area contributed by atoms with Gasteiger partial charge in [0.15, 0.2) is 0 Å². The molecule has 1 aliphatic carbocycles. The molecule has 7 heteroatoms. The first-order chi connectivity index (χ1) is 13.4. The number of anilines is 1. The van der Waals surface area contributed by atoms with Crippen molar-refractivity contribution in [2.45, 2.75) is 37.8 Å². The Kier molecular flexibility index (Phi) is 4.37. The van der Waals surface area contributed by atoms with Crippen LogP contribution in [0.25, 0.3) is 0 Å². The SMILES string of the molecule is C[C@H](C(=O)Nc1ccccc1F)N1C(=O)N[C@@]2(CCCc3ccccc32)C1=O. The predicted molar refractivity (Wildman–Crippen MR) is 101 cm³/mol. The van der Waals surface area contributed by atoms with E-state index in [0.29, 0.717) is 6.42 Å². The maximum absolute atomic E-state index is 13.8. The number of amides is 4. The minimum absolute atomic E-state index is 0.00382. The lowest BCUT2D eigenvalue weighted by atomic mass is 9.76. The molecule has 2 N–H and O–H groups in total. The highest BCUT2D eigenvalue weighted by Crippen LogP contribution is 2.40. The highest BCUT2D eigenvalue weighted by Gasteiger charge is 2.55. The molecule has 1 spiro atoms. The van der Waals surface area contributed by atoms with Crippen molar-refractivity contribution in [3.63, 3.8) is 0 Å². The Hall–Kier alpha value is -3.22. The molecule has 0 radical (unpaired) electrons. The van der Waals surface area contributed by atoms with Gasteiger partial charge in [0, 0.05) is 0 Å². The molecule has 6 nitrogen and oxygen atoms in total. The number of rotatable bonds is 3. The number of benzene rings is 2. The van der Waals surface area contributed by atoms with Crippen LogP contribution < -0.4 is 10.6 Å². The standard InChI is InChI=1S/C21H20FN3O3/c1-13(18(26)23-17-11-5-4-10-16(17)22)25-19(27)21(24-20(25)28)12-6-8-14-7-2-3-9-15(14)21/h2-5,7,9-11,13H,6,8,12H2,1H3,(H,23,26)(H,24,28)/t13-,21-/m1/s1. The van der Waals surface area contributed by atoms with Gasteiger partial charge in [0.1, 0.15) is 17.4 Å². The van der Waals surface area contributed by atoms with Crippen LogP contribution in [-0.2, 0) is 21.5 Å². The summed E-state index contributed by atoms with van der Waals surface area (Å²) in [6.45, 7) is 1.46. The van der Waals surface area contributed by atoms with Crippen molar-refractivity contribution in [3.8, 4) is 0 Å². The van der Waals surface area contributed by atoms with E-state index in [4.69, 9.17) is 0 Å². The van der Waals surface area contributed by atoms with Crippen LogP contribution in [0, 0.1) is 5.82 Å². The fourth-order valence-corrected chi connectivity index (χ4v) is 4.05. The highest BCUT2D eigenvalue weighted by atomic mass is 19.1. The van der Waals surface area contributed by atoms with E-state index in [1.165, 1.54) is 25.1 Å². The number of carbonyl (C=O) groups is 3. The summed E-state index contributed by atoms with van der Waals surface area (Å²) in [6, 6.07) is 11.6. The summed E-state index contributed by atoms with van der Waals surface area (Å²) in [5, 5.41) is 5.27. The van der Waals surface area contributed by atoms with Gasteiger partial charge < -0.3 is 10.6 Å². The van der Waals surface area contributed by atoms with Crippen molar-refractivity contribution < 1.29 is 18.8 Å². The monoisotopic (exact) mass is 381 g/mol. The maximum atomic E-state index is 13.8. The zero-order valence-electron chi connectivity index (χ0n) is 15.4. The summed E-state index contributed by atoms with van der Waals surface area (Å²) < 4.78 is 13.8. The molecule has 1 heterocycles. The number of hydrogen-bond acceptors (Lipinski definition) is 3. The Morgan fingerprint density at radius 3 is 2.68 bits per heavy atom. The molecule has 1 saturated heterocycles. The van der Waals surface area contributed by atoms with Crippen LogP contribution in [0.2, 0.25) is 0 Å². The van der Waals surface area contributed by atoms with Gasteiger partial charge in [-0.25, -0.2) is 14.1 Å². The zero-order valence-corrected chi connectivity index (χ0v) is 15.4. The Morgan fingerprint density at radius 2 is 1.89 bits per heavy atom. The van der Waals surface area contributed by atoms with Crippen LogP contribution >= 0.6 is 0 Å². The predicted octanol–water partition coefficient (Wildman–Crippen LogP) is 2.94. The lowest BCUT2D eigenvalue weighted by Crippen LogP contribution is -2.49. The number of aryl methyl sites for hydroxylation is 1. The molecule has 0 saturated carbocycles. The number of hydrogen-bond donors (Lipinski definition) is 2. The molecular weight excluding hydrogens is 361 g/mol. The molecule has 2 atom stereocenters. The maximum Gasteiger partial charge on any atom is 0.326 e. The van der Waals surface area contributed by atoms with Crippen molar-refractivity contribution in [1.82, 2.24) is 10.2 Å². The number of fused-ring (bicyclic) bond motifs is 2. The van der Waals surface area contributed by atoms with Crippen LogP contribution in [0.3, 0.4) is 0 Å². The average Bonchev–Trinajstić information content (AvgIpc) is 2.93. The molecule has 2 aromatic carbocycles. The van der Waals surface area contributed by atoms with Gasteiger partial charge in [-0.3, -0.25) is 9.59 Å². The first-order valence-electron chi connectivity index (χ1n) is 9.23. The Balaban J connectivity index is 1.62. The smallest absolute Gasteiger partial charge is 0.322 e. The summed E-state index contributed by atoms with van der Waals surface area (Å²) in [4.78, 5) is 39.5. The van der Waals surface area contributed by atoms with Crippen molar-refractivity contribution in [2.75, 3.05) is 5.32 Å². The van der Waals surface area contributed by atoms with E-state index in [9.17, 15) is 18.8 Å². The van der Waals surface area contributed by atoms with Gasteiger partial charge in [-0.05, 0) is 49.4 Å². The Bertz CT molecular complexity index is 977. The molecule has 4 rings (SSSR count). The molecule has 0 aromatic heterocycles. The van der Waals surface area contributed by atoms with E-state index in [2.05, 4.69) is 10.6 Å². The number of carbonyl (C=O) groups excluding carboxylic acids is 3. The fraction of sp³-hybridized carbons (Fsp3) is 0.286. The van der Waals surface area contributed by atoms with E-state index < -0.39 is 35.2 Å². The third-order valence-electron chi connectivity index (χ3n) is 5.50. The highest BCUT2D eigenvalue weighted by molar-refractivity contribution is 6.11. The lowest BCUT2D eigenvalue weighted by molar-refractivity contribution is -0.137.